The highest BCUT2D eigenvalue weighted by Crippen LogP contribution is 2.04. The summed E-state index contributed by atoms with van der Waals surface area (Å²) >= 11 is 0. The van der Waals surface area contributed by atoms with Crippen molar-refractivity contribution in [2.45, 2.75) is 13.0 Å². The molecule has 76 valence electrons. The molecule has 0 aromatic heterocycles. The van der Waals surface area contributed by atoms with Gasteiger partial charge in [-0.15, -0.1) is 0 Å². The average Bonchev–Trinajstić information content (AvgIpc) is 2.16. The van der Waals surface area contributed by atoms with Crippen molar-refractivity contribution in [1.29, 1.82) is 0 Å². The number of nitrogens with two attached hydrogens (primary N) is 1. The van der Waals surface area contributed by atoms with E-state index in [4.69, 9.17) is 5.73 Å². The fourth-order valence-corrected chi connectivity index (χ4v) is 0.841. The van der Waals surface area contributed by atoms with Crippen molar-refractivity contribution in [3.8, 4) is 0 Å². The van der Waals surface area contributed by atoms with Crippen LogP contribution in [0.3, 0.4) is 0 Å². The highest BCUT2D eigenvalue weighted by atomic mass is 19.3. The first kappa shape index (κ1) is 10.6. The molecule has 5 heteroatoms. The van der Waals surface area contributed by atoms with Gasteiger partial charge in [0.05, 0.1) is 6.54 Å². The smallest absolute Gasteiger partial charge is 0.294 e. The average molecular weight is 202 g/mol. The fourth-order valence-electron chi connectivity index (χ4n) is 0.841. The molecule has 0 aliphatic heterocycles. The zero-order chi connectivity index (χ0) is 10.6. The Morgan fingerprint density at radius 3 is 2.36 bits per heavy atom. The molecule has 0 amide bonds. The third-order valence-corrected chi connectivity index (χ3v) is 1.58. The van der Waals surface area contributed by atoms with E-state index in [1.54, 1.807) is 0 Å². The number of benzene rings is 1. The van der Waals surface area contributed by atoms with Crippen LogP contribution >= 0.6 is 0 Å². The summed E-state index contributed by atoms with van der Waals surface area (Å²) in [5, 5.41) is 0. The van der Waals surface area contributed by atoms with Crippen molar-refractivity contribution in [3.05, 3.63) is 35.6 Å². The van der Waals surface area contributed by atoms with Crippen molar-refractivity contribution in [2.24, 2.45) is 10.7 Å². The van der Waals surface area contributed by atoms with E-state index in [-0.39, 0.29) is 12.4 Å². The molecule has 14 heavy (non-hydrogen) atoms. The van der Waals surface area contributed by atoms with E-state index >= 15 is 0 Å². The zero-order valence-corrected chi connectivity index (χ0v) is 7.25. The predicted octanol–water partition coefficient (Wildman–Crippen LogP) is 1.95. The van der Waals surface area contributed by atoms with Crippen LogP contribution in [0.2, 0.25) is 0 Å². The molecule has 1 rings (SSSR count). The van der Waals surface area contributed by atoms with E-state index in [0.29, 0.717) is 5.56 Å². The van der Waals surface area contributed by atoms with Crippen molar-refractivity contribution in [1.82, 2.24) is 0 Å². The molecular weight excluding hydrogens is 193 g/mol. The molecule has 0 bridgehead atoms. The molecule has 0 saturated carbocycles. The molecule has 1 aromatic rings. The predicted molar refractivity (Wildman–Crippen MR) is 47.7 cm³/mol. The number of halogens is 3. The van der Waals surface area contributed by atoms with Crippen molar-refractivity contribution >= 4 is 5.84 Å². The number of aliphatic imine (C=N–C) groups is 1. The van der Waals surface area contributed by atoms with Crippen LogP contribution in [-0.4, -0.2) is 12.3 Å². The highest BCUT2D eigenvalue weighted by Gasteiger charge is 2.06. The molecule has 0 aliphatic carbocycles. The van der Waals surface area contributed by atoms with E-state index in [2.05, 4.69) is 4.99 Å². The van der Waals surface area contributed by atoms with Crippen LogP contribution in [0.15, 0.2) is 29.3 Å². The van der Waals surface area contributed by atoms with Gasteiger partial charge in [-0.05, 0) is 17.7 Å². The lowest BCUT2D eigenvalue weighted by Crippen LogP contribution is -2.21. The van der Waals surface area contributed by atoms with Crippen LogP contribution < -0.4 is 5.73 Å². The molecule has 0 heterocycles. The first-order valence-electron chi connectivity index (χ1n) is 3.92. The van der Waals surface area contributed by atoms with E-state index in [1.807, 2.05) is 0 Å². The van der Waals surface area contributed by atoms with Gasteiger partial charge < -0.3 is 5.73 Å². The monoisotopic (exact) mass is 202 g/mol. The van der Waals surface area contributed by atoms with Crippen molar-refractivity contribution in [2.75, 3.05) is 0 Å². The number of hydrogen-bond donors (Lipinski definition) is 1. The van der Waals surface area contributed by atoms with Gasteiger partial charge in [0.1, 0.15) is 5.82 Å². The van der Waals surface area contributed by atoms with Gasteiger partial charge in [-0.2, -0.15) is 0 Å². The van der Waals surface area contributed by atoms with Crippen LogP contribution in [0.1, 0.15) is 5.56 Å². The van der Waals surface area contributed by atoms with Gasteiger partial charge in [0.15, 0.2) is 5.84 Å². The number of rotatable bonds is 3. The first-order chi connectivity index (χ1) is 6.59. The molecule has 2 nitrogen and oxygen atoms in total. The Balaban J connectivity index is 2.62. The molecule has 0 spiro atoms. The third-order valence-electron chi connectivity index (χ3n) is 1.58. The molecule has 0 radical (unpaired) electrons. The van der Waals surface area contributed by atoms with E-state index in [1.165, 1.54) is 24.3 Å². The van der Waals surface area contributed by atoms with Crippen molar-refractivity contribution in [3.63, 3.8) is 0 Å². The van der Waals surface area contributed by atoms with Gasteiger partial charge in [0, 0.05) is 0 Å². The van der Waals surface area contributed by atoms with E-state index < -0.39 is 12.3 Å². The van der Waals surface area contributed by atoms with Crippen LogP contribution in [-0.2, 0) is 6.54 Å². The normalized spacial score (nSPS) is 12.1. The SMILES string of the molecule is NC(=NCc1ccc(F)cc1)C(F)F. The summed E-state index contributed by atoms with van der Waals surface area (Å²) in [5.41, 5.74) is 5.55. The first-order valence-corrected chi connectivity index (χ1v) is 3.92. The van der Waals surface area contributed by atoms with Gasteiger partial charge in [-0.1, -0.05) is 12.1 Å². The molecule has 0 aliphatic rings. The summed E-state index contributed by atoms with van der Waals surface area (Å²) in [4.78, 5) is 3.45. The number of alkyl halides is 2. The Bertz CT molecular complexity index is 319. The zero-order valence-electron chi connectivity index (χ0n) is 7.25. The largest absolute Gasteiger partial charge is 0.383 e. The molecule has 0 unspecified atom stereocenters. The second kappa shape index (κ2) is 4.64. The summed E-state index contributed by atoms with van der Waals surface area (Å²) in [6.07, 6.45) is -2.74. The van der Waals surface area contributed by atoms with E-state index in [9.17, 15) is 13.2 Å². The topological polar surface area (TPSA) is 38.4 Å². The van der Waals surface area contributed by atoms with Crippen LogP contribution in [0.25, 0.3) is 0 Å². The summed E-state index contributed by atoms with van der Waals surface area (Å²) in [7, 11) is 0. The number of hydrogen-bond acceptors (Lipinski definition) is 1. The molecule has 0 atom stereocenters. The Labute approximate surface area is 79.3 Å². The lowest BCUT2D eigenvalue weighted by molar-refractivity contribution is 0.223. The van der Waals surface area contributed by atoms with Gasteiger partial charge in [0.2, 0.25) is 0 Å². The minimum atomic E-state index is -2.74. The summed E-state index contributed by atoms with van der Waals surface area (Å²) in [6.45, 7) is 0.0381. The van der Waals surface area contributed by atoms with Gasteiger partial charge in [0.25, 0.3) is 6.43 Å². The lowest BCUT2D eigenvalue weighted by Gasteiger charge is -1.99. The quantitative estimate of drug-likeness (QED) is 0.590. The van der Waals surface area contributed by atoms with Crippen LogP contribution in [0.4, 0.5) is 13.2 Å². The second-order valence-corrected chi connectivity index (χ2v) is 2.67. The Hall–Kier alpha value is -1.52. The van der Waals surface area contributed by atoms with Gasteiger partial charge >= 0.3 is 0 Å². The molecule has 1 aromatic carbocycles. The van der Waals surface area contributed by atoms with Gasteiger partial charge in [-0.25, -0.2) is 13.2 Å². The molecule has 0 saturated heterocycles. The van der Waals surface area contributed by atoms with E-state index in [0.717, 1.165) is 0 Å². The number of nitrogens with zero attached hydrogens (tertiary/aromatic N) is 1. The van der Waals surface area contributed by atoms with Crippen LogP contribution in [0.5, 0.6) is 0 Å². The van der Waals surface area contributed by atoms with Crippen molar-refractivity contribution < 1.29 is 13.2 Å². The summed E-state index contributed by atoms with van der Waals surface area (Å²) in [6, 6.07) is 5.42. The summed E-state index contributed by atoms with van der Waals surface area (Å²) in [5.74, 6) is -1.08. The Kier molecular flexibility index (Phi) is 3.50. The minimum Gasteiger partial charge on any atom is -0.383 e. The number of amidine groups is 1. The third kappa shape index (κ3) is 3.08. The standard InChI is InChI=1S/C9H9F3N2/c10-7-3-1-6(2-4-7)5-14-9(13)8(11)12/h1-4,8H,5H2,(H2,13,14). The molecule has 2 N–H and O–H groups in total. The van der Waals surface area contributed by atoms with Crippen LogP contribution in [0, 0.1) is 5.82 Å². The second-order valence-electron chi connectivity index (χ2n) is 2.67. The minimum absolute atomic E-state index is 0.0381. The maximum atomic E-state index is 12.4. The maximum Gasteiger partial charge on any atom is 0.294 e. The Morgan fingerprint density at radius 1 is 1.29 bits per heavy atom. The molecular formula is C9H9F3N2. The van der Waals surface area contributed by atoms with Gasteiger partial charge in [-0.3, -0.25) is 4.99 Å². The molecule has 0 fully saturated rings. The Morgan fingerprint density at radius 2 is 1.86 bits per heavy atom. The summed E-state index contributed by atoms with van der Waals surface area (Å²) < 4.78 is 36.2. The fraction of sp³-hybridized carbons (Fsp3) is 0.222. The lowest BCUT2D eigenvalue weighted by atomic mass is 10.2. The highest BCUT2D eigenvalue weighted by molar-refractivity contribution is 5.83. The maximum absolute atomic E-state index is 12.4.